The maximum atomic E-state index is 12.6. The molecule has 144 valence electrons. The molecule has 2 rings (SSSR count). The van der Waals surface area contributed by atoms with Crippen molar-refractivity contribution in [3.8, 4) is 6.07 Å². The standard InChI is InChI=1S/C17H17ClF3N5O/c1-11(16(27)24-13-4-3-12(8-22)14(18)7-13)25(2)9-15-23-5-6-26(15)10-17(19,20)21/h3-7,11H,9-10H2,1-2H3,(H,24,27). The van der Waals surface area contributed by atoms with Gasteiger partial charge < -0.3 is 9.88 Å². The lowest BCUT2D eigenvalue weighted by molar-refractivity contribution is -0.141. The molecule has 27 heavy (non-hydrogen) atoms. The molecule has 0 aliphatic rings. The Hall–Kier alpha value is -2.57. The van der Waals surface area contributed by atoms with Gasteiger partial charge in [0.1, 0.15) is 18.4 Å². The van der Waals surface area contributed by atoms with Gasteiger partial charge in [0.25, 0.3) is 0 Å². The topological polar surface area (TPSA) is 74.0 Å². The van der Waals surface area contributed by atoms with Gasteiger partial charge in [0, 0.05) is 18.1 Å². The van der Waals surface area contributed by atoms with Gasteiger partial charge in [-0.05, 0) is 32.2 Å². The molecule has 0 fully saturated rings. The van der Waals surface area contributed by atoms with Gasteiger partial charge in [-0.1, -0.05) is 11.6 Å². The lowest BCUT2D eigenvalue weighted by Gasteiger charge is -2.24. The maximum Gasteiger partial charge on any atom is 0.406 e. The first-order chi connectivity index (χ1) is 12.6. The van der Waals surface area contributed by atoms with Crippen molar-refractivity contribution >= 4 is 23.2 Å². The second kappa shape index (κ2) is 8.41. The summed E-state index contributed by atoms with van der Waals surface area (Å²) in [4.78, 5) is 17.9. The Balaban J connectivity index is 2.02. The summed E-state index contributed by atoms with van der Waals surface area (Å²) in [6, 6.07) is 5.77. The Morgan fingerprint density at radius 3 is 2.78 bits per heavy atom. The van der Waals surface area contributed by atoms with Crippen molar-refractivity contribution in [2.45, 2.75) is 32.2 Å². The van der Waals surface area contributed by atoms with Crippen molar-refractivity contribution in [3.05, 3.63) is 47.0 Å². The summed E-state index contributed by atoms with van der Waals surface area (Å²) in [5.74, 6) is -0.164. The van der Waals surface area contributed by atoms with E-state index in [9.17, 15) is 18.0 Å². The number of aromatic nitrogens is 2. The number of hydrogen-bond acceptors (Lipinski definition) is 4. The van der Waals surface area contributed by atoms with E-state index in [0.29, 0.717) is 5.69 Å². The van der Waals surface area contributed by atoms with Crippen LogP contribution in [0.25, 0.3) is 0 Å². The van der Waals surface area contributed by atoms with Crippen LogP contribution in [-0.4, -0.2) is 39.6 Å². The summed E-state index contributed by atoms with van der Waals surface area (Å²) < 4.78 is 38.8. The minimum atomic E-state index is -4.36. The molecule has 0 aliphatic heterocycles. The lowest BCUT2D eigenvalue weighted by atomic mass is 10.2. The first kappa shape index (κ1) is 20.7. The molecule has 1 N–H and O–H groups in total. The average molecular weight is 400 g/mol. The molecule has 1 heterocycles. The molecule has 1 unspecified atom stereocenters. The fourth-order valence-electron chi connectivity index (χ4n) is 2.32. The van der Waals surface area contributed by atoms with Gasteiger partial charge in [0.05, 0.1) is 23.2 Å². The highest BCUT2D eigenvalue weighted by atomic mass is 35.5. The molecule has 6 nitrogen and oxygen atoms in total. The van der Waals surface area contributed by atoms with Crippen LogP contribution in [0.1, 0.15) is 18.3 Å². The maximum absolute atomic E-state index is 12.6. The van der Waals surface area contributed by atoms with Crippen molar-refractivity contribution in [1.29, 1.82) is 5.26 Å². The van der Waals surface area contributed by atoms with Gasteiger partial charge in [-0.15, -0.1) is 0 Å². The normalized spacial score (nSPS) is 12.7. The second-order valence-electron chi connectivity index (χ2n) is 5.97. The molecule has 10 heteroatoms. The number of alkyl halides is 3. The molecule has 1 aromatic heterocycles. The molecular weight excluding hydrogens is 383 g/mol. The zero-order valence-electron chi connectivity index (χ0n) is 14.6. The number of carbonyl (C=O) groups excluding carboxylic acids is 1. The fourth-order valence-corrected chi connectivity index (χ4v) is 2.54. The van der Waals surface area contributed by atoms with Gasteiger partial charge in [-0.25, -0.2) is 4.98 Å². The largest absolute Gasteiger partial charge is 0.406 e. The van der Waals surface area contributed by atoms with Crippen LogP contribution in [0.3, 0.4) is 0 Å². The van der Waals surface area contributed by atoms with Crippen LogP contribution >= 0.6 is 11.6 Å². The Kier molecular flexibility index (Phi) is 6.46. The summed E-state index contributed by atoms with van der Waals surface area (Å²) in [7, 11) is 1.61. The van der Waals surface area contributed by atoms with E-state index < -0.39 is 18.8 Å². The zero-order valence-corrected chi connectivity index (χ0v) is 15.3. The van der Waals surface area contributed by atoms with E-state index in [4.69, 9.17) is 16.9 Å². The van der Waals surface area contributed by atoms with E-state index in [1.54, 1.807) is 24.9 Å². The third-order valence-corrected chi connectivity index (χ3v) is 4.25. The number of rotatable bonds is 6. The number of imidazole rings is 1. The minimum Gasteiger partial charge on any atom is -0.325 e. The molecule has 1 atom stereocenters. The highest BCUT2D eigenvalue weighted by Crippen LogP contribution is 2.21. The van der Waals surface area contributed by atoms with Crippen LogP contribution in [0.5, 0.6) is 0 Å². The highest BCUT2D eigenvalue weighted by molar-refractivity contribution is 6.32. The minimum absolute atomic E-state index is 0.0613. The molecule has 1 amide bonds. The average Bonchev–Trinajstić information content (AvgIpc) is 2.99. The predicted octanol–water partition coefficient (Wildman–Crippen LogP) is 3.43. The third kappa shape index (κ3) is 5.70. The van der Waals surface area contributed by atoms with Gasteiger partial charge >= 0.3 is 6.18 Å². The van der Waals surface area contributed by atoms with Gasteiger partial charge in [-0.3, -0.25) is 9.69 Å². The summed E-state index contributed by atoms with van der Waals surface area (Å²) >= 11 is 5.93. The van der Waals surface area contributed by atoms with Crippen LogP contribution in [0.2, 0.25) is 5.02 Å². The van der Waals surface area contributed by atoms with E-state index in [1.165, 1.54) is 24.5 Å². The SMILES string of the molecule is CC(C(=O)Nc1ccc(C#N)c(Cl)c1)N(C)Cc1nccn1CC(F)(F)F. The number of amides is 1. The van der Waals surface area contributed by atoms with Crippen molar-refractivity contribution < 1.29 is 18.0 Å². The molecule has 0 bridgehead atoms. The van der Waals surface area contributed by atoms with Crippen LogP contribution in [-0.2, 0) is 17.9 Å². The number of halogens is 4. The monoisotopic (exact) mass is 399 g/mol. The number of hydrogen-bond donors (Lipinski definition) is 1. The molecule has 2 aromatic rings. The Morgan fingerprint density at radius 2 is 2.19 bits per heavy atom. The first-order valence-corrected chi connectivity index (χ1v) is 8.26. The number of carbonyl (C=O) groups is 1. The summed E-state index contributed by atoms with van der Waals surface area (Å²) in [5, 5.41) is 11.7. The van der Waals surface area contributed by atoms with Gasteiger partial charge in [-0.2, -0.15) is 18.4 Å². The molecular formula is C17H17ClF3N5O. The Labute approximate surface area is 159 Å². The predicted molar refractivity (Wildman–Crippen MR) is 94.0 cm³/mol. The molecule has 0 saturated carbocycles. The van der Waals surface area contributed by atoms with Crippen molar-refractivity contribution in [2.24, 2.45) is 0 Å². The molecule has 0 aliphatic carbocycles. The van der Waals surface area contributed by atoms with Crippen LogP contribution in [0.15, 0.2) is 30.6 Å². The first-order valence-electron chi connectivity index (χ1n) is 7.88. The summed E-state index contributed by atoms with van der Waals surface area (Å²) in [5.41, 5.74) is 0.708. The molecule has 0 radical (unpaired) electrons. The van der Waals surface area contributed by atoms with Gasteiger partial charge in [0.15, 0.2) is 0 Å². The summed E-state index contributed by atoms with van der Waals surface area (Å²) in [6.45, 7) is 0.546. The van der Waals surface area contributed by atoms with Gasteiger partial charge in [0.2, 0.25) is 5.91 Å². The van der Waals surface area contributed by atoms with E-state index in [0.717, 1.165) is 4.57 Å². The molecule has 0 saturated heterocycles. The number of nitriles is 1. The number of nitrogens with zero attached hydrogens (tertiary/aromatic N) is 4. The van der Waals surface area contributed by atoms with Crippen LogP contribution in [0, 0.1) is 11.3 Å². The summed E-state index contributed by atoms with van der Waals surface area (Å²) in [6.07, 6.45) is -1.82. The fraction of sp³-hybridized carbons (Fsp3) is 0.353. The van der Waals surface area contributed by atoms with Crippen molar-refractivity contribution in [1.82, 2.24) is 14.5 Å². The van der Waals surface area contributed by atoms with E-state index in [2.05, 4.69) is 10.3 Å². The Bertz CT molecular complexity index is 859. The quantitative estimate of drug-likeness (QED) is 0.807. The van der Waals surface area contributed by atoms with Crippen LogP contribution in [0.4, 0.5) is 18.9 Å². The molecule has 1 aromatic carbocycles. The van der Waals surface area contributed by atoms with E-state index in [-0.39, 0.29) is 28.9 Å². The van der Waals surface area contributed by atoms with E-state index in [1.807, 2.05) is 6.07 Å². The van der Waals surface area contributed by atoms with Crippen molar-refractivity contribution in [2.75, 3.05) is 12.4 Å². The number of likely N-dealkylation sites (N-methyl/N-ethyl adjacent to an activating group) is 1. The number of benzene rings is 1. The highest BCUT2D eigenvalue weighted by Gasteiger charge is 2.29. The van der Waals surface area contributed by atoms with Crippen LogP contribution < -0.4 is 5.32 Å². The second-order valence-corrected chi connectivity index (χ2v) is 6.38. The van der Waals surface area contributed by atoms with Crippen molar-refractivity contribution in [3.63, 3.8) is 0 Å². The smallest absolute Gasteiger partial charge is 0.325 e. The number of anilines is 1. The Morgan fingerprint density at radius 1 is 1.48 bits per heavy atom. The van der Waals surface area contributed by atoms with E-state index >= 15 is 0 Å². The molecule has 0 spiro atoms. The number of nitrogens with one attached hydrogen (secondary N) is 1. The third-order valence-electron chi connectivity index (χ3n) is 3.94. The lowest BCUT2D eigenvalue weighted by Crippen LogP contribution is -2.39. The zero-order chi connectivity index (χ0) is 20.2.